The van der Waals surface area contributed by atoms with Crippen molar-refractivity contribution < 1.29 is 5.11 Å². The van der Waals surface area contributed by atoms with Crippen LogP contribution in [-0.2, 0) is 6.61 Å². The third-order valence-corrected chi connectivity index (χ3v) is 3.73. The number of aliphatic hydroxyl groups excluding tert-OH is 1. The number of aliphatic hydroxyl groups is 1. The van der Waals surface area contributed by atoms with Gasteiger partial charge in [0.05, 0.1) is 17.3 Å². The Bertz CT molecular complexity index is 384. The van der Waals surface area contributed by atoms with Crippen molar-refractivity contribution in [2.24, 2.45) is 5.41 Å². The Kier molecular flexibility index (Phi) is 4.45. The van der Waals surface area contributed by atoms with Crippen molar-refractivity contribution in [3.05, 3.63) is 28.8 Å². The summed E-state index contributed by atoms with van der Waals surface area (Å²) in [6.07, 6.45) is 0. The molecule has 0 aliphatic carbocycles. The normalized spacial score (nSPS) is 13.6. The van der Waals surface area contributed by atoms with Gasteiger partial charge in [-0.2, -0.15) is 0 Å². The van der Waals surface area contributed by atoms with Crippen LogP contribution in [0.4, 0.5) is 5.69 Å². The van der Waals surface area contributed by atoms with Gasteiger partial charge in [-0.1, -0.05) is 44.5 Å². The maximum atomic E-state index is 9.39. The Labute approximate surface area is 109 Å². The maximum absolute atomic E-state index is 9.39. The monoisotopic (exact) mass is 255 g/mol. The third-order valence-electron chi connectivity index (χ3n) is 3.43. The largest absolute Gasteiger partial charge is 0.392 e. The molecule has 0 aliphatic heterocycles. The van der Waals surface area contributed by atoms with Gasteiger partial charge in [-0.15, -0.1) is 0 Å². The molecule has 0 amide bonds. The summed E-state index contributed by atoms with van der Waals surface area (Å²) in [6.45, 7) is 8.78. The molecule has 1 atom stereocenters. The molecule has 2 nitrogen and oxygen atoms in total. The van der Waals surface area contributed by atoms with E-state index in [2.05, 4.69) is 32.6 Å². The van der Waals surface area contributed by atoms with E-state index >= 15 is 0 Å². The van der Waals surface area contributed by atoms with Crippen molar-refractivity contribution >= 4 is 17.3 Å². The molecule has 1 aromatic rings. The fourth-order valence-electron chi connectivity index (χ4n) is 1.86. The molecule has 0 aliphatic rings. The second kappa shape index (κ2) is 5.28. The molecule has 17 heavy (non-hydrogen) atoms. The standard InChI is InChI=1S/C14H22ClNO/c1-10(14(2,3)4)16(5)13-11(9-17)7-6-8-12(13)15/h6-8,10,17H,9H2,1-5H3. The van der Waals surface area contributed by atoms with E-state index < -0.39 is 0 Å². The number of rotatable bonds is 3. The summed E-state index contributed by atoms with van der Waals surface area (Å²) in [4.78, 5) is 2.15. The Morgan fingerprint density at radius 1 is 1.35 bits per heavy atom. The molecular weight excluding hydrogens is 234 g/mol. The first-order valence-corrected chi connectivity index (χ1v) is 6.28. The lowest BCUT2D eigenvalue weighted by Crippen LogP contribution is -2.40. The minimum Gasteiger partial charge on any atom is -0.392 e. The molecule has 0 fully saturated rings. The van der Waals surface area contributed by atoms with Crippen molar-refractivity contribution in [1.29, 1.82) is 0 Å². The van der Waals surface area contributed by atoms with E-state index in [0.29, 0.717) is 11.1 Å². The highest BCUT2D eigenvalue weighted by Gasteiger charge is 2.26. The van der Waals surface area contributed by atoms with E-state index in [1.807, 2.05) is 25.2 Å². The van der Waals surface area contributed by atoms with Gasteiger partial charge in [0.2, 0.25) is 0 Å². The van der Waals surface area contributed by atoms with Crippen molar-refractivity contribution in [2.75, 3.05) is 11.9 Å². The summed E-state index contributed by atoms with van der Waals surface area (Å²) >= 11 is 6.24. The van der Waals surface area contributed by atoms with Crippen LogP contribution in [0.1, 0.15) is 33.3 Å². The predicted molar refractivity (Wildman–Crippen MR) is 74.7 cm³/mol. The average Bonchev–Trinajstić information content (AvgIpc) is 2.25. The van der Waals surface area contributed by atoms with E-state index in [1.54, 1.807) is 0 Å². The summed E-state index contributed by atoms with van der Waals surface area (Å²) in [5.41, 5.74) is 1.95. The van der Waals surface area contributed by atoms with E-state index in [0.717, 1.165) is 11.3 Å². The van der Waals surface area contributed by atoms with Crippen LogP contribution in [0.2, 0.25) is 5.02 Å². The van der Waals surface area contributed by atoms with Gasteiger partial charge in [-0.05, 0) is 18.4 Å². The first kappa shape index (κ1) is 14.3. The molecule has 1 rings (SSSR count). The lowest BCUT2D eigenvalue weighted by atomic mass is 9.86. The Morgan fingerprint density at radius 2 is 1.94 bits per heavy atom. The number of halogens is 1. The summed E-state index contributed by atoms with van der Waals surface area (Å²) in [6, 6.07) is 5.97. The van der Waals surface area contributed by atoms with Gasteiger partial charge in [-0.25, -0.2) is 0 Å². The molecule has 96 valence electrons. The molecule has 0 spiro atoms. The summed E-state index contributed by atoms with van der Waals surface area (Å²) in [5.74, 6) is 0. The highest BCUT2D eigenvalue weighted by Crippen LogP contribution is 2.34. The zero-order chi connectivity index (χ0) is 13.2. The molecule has 1 aromatic carbocycles. The summed E-state index contributed by atoms with van der Waals surface area (Å²) in [5, 5.41) is 10.1. The minimum absolute atomic E-state index is 0.0110. The molecule has 0 aromatic heterocycles. The van der Waals surface area contributed by atoms with Crippen molar-refractivity contribution in [3.8, 4) is 0 Å². The van der Waals surface area contributed by atoms with Crippen LogP contribution >= 0.6 is 11.6 Å². The molecule has 1 unspecified atom stereocenters. The molecule has 0 bridgehead atoms. The zero-order valence-corrected chi connectivity index (χ0v) is 12.0. The Hall–Kier alpha value is -0.730. The molecule has 0 saturated heterocycles. The zero-order valence-electron chi connectivity index (χ0n) is 11.3. The van der Waals surface area contributed by atoms with Crippen LogP contribution in [0, 0.1) is 5.41 Å². The predicted octanol–water partition coefficient (Wildman–Crippen LogP) is 3.70. The highest BCUT2D eigenvalue weighted by atomic mass is 35.5. The molecular formula is C14H22ClNO. The van der Waals surface area contributed by atoms with Gasteiger partial charge >= 0.3 is 0 Å². The van der Waals surface area contributed by atoms with Crippen LogP contribution in [0.3, 0.4) is 0 Å². The van der Waals surface area contributed by atoms with Crippen LogP contribution in [0.15, 0.2) is 18.2 Å². The molecule has 0 saturated carbocycles. The number of nitrogens with zero attached hydrogens (tertiary/aromatic N) is 1. The van der Waals surface area contributed by atoms with E-state index in [-0.39, 0.29) is 12.0 Å². The minimum atomic E-state index is 0.0110. The van der Waals surface area contributed by atoms with Gasteiger partial charge in [0.1, 0.15) is 0 Å². The van der Waals surface area contributed by atoms with Crippen molar-refractivity contribution in [3.63, 3.8) is 0 Å². The number of hydrogen-bond acceptors (Lipinski definition) is 2. The molecule has 0 heterocycles. The second-order valence-corrected chi connectivity index (χ2v) is 5.97. The highest BCUT2D eigenvalue weighted by molar-refractivity contribution is 6.33. The molecule has 1 N–H and O–H groups in total. The van der Waals surface area contributed by atoms with Gasteiger partial charge in [0.15, 0.2) is 0 Å². The Morgan fingerprint density at radius 3 is 2.41 bits per heavy atom. The lowest BCUT2D eigenvalue weighted by molar-refractivity contribution is 0.280. The summed E-state index contributed by atoms with van der Waals surface area (Å²) < 4.78 is 0. The van der Waals surface area contributed by atoms with E-state index in [1.165, 1.54) is 0 Å². The first-order valence-electron chi connectivity index (χ1n) is 5.90. The SMILES string of the molecule is CC(N(C)c1c(Cl)cccc1CO)C(C)(C)C. The van der Waals surface area contributed by atoms with Gasteiger partial charge in [-0.3, -0.25) is 0 Å². The number of anilines is 1. The van der Waals surface area contributed by atoms with Gasteiger partial charge < -0.3 is 10.0 Å². The van der Waals surface area contributed by atoms with Gasteiger partial charge in [0, 0.05) is 18.7 Å². The van der Waals surface area contributed by atoms with Crippen molar-refractivity contribution in [1.82, 2.24) is 0 Å². The maximum Gasteiger partial charge on any atom is 0.0702 e. The average molecular weight is 256 g/mol. The number of benzene rings is 1. The quantitative estimate of drug-likeness (QED) is 0.890. The van der Waals surface area contributed by atoms with Crippen LogP contribution in [0.25, 0.3) is 0 Å². The Balaban J connectivity index is 3.16. The van der Waals surface area contributed by atoms with E-state index in [9.17, 15) is 5.11 Å². The van der Waals surface area contributed by atoms with Crippen LogP contribution in [0.5, 0.6) is 0 Å². The fraction of sp³-hybridized carbons (Fsp3) is 0.571. The van der Waals surface area contributed by atoms with Crippen LogP contribution < -0.4 is 4.90 Å². The van der Waals surface area contributed by atoms with Gasteiger partial charge in [0.25, 0.3) is 0 Å². The third kappa shape index (κ3) is 3.14. The summed E-state index contributed by atoms with van der Waals surface area (Å²) in [7, 11) is 2.02. The van der Waals surface area contributed by atoms with E-state index in [4.69, 9.17) is 11.6 Å². The van der Waals surface area contributed by atoms with Crippen molar-refractivity contribution in [2.45, 2.75) is 40.3 Å². The number of para-hydroxylation sites is 1. The van der Waals surface area contributed by atoms with Crippen LogP contribution in [-0.4, -0.2) is 18.2 Å². The first-order chi connectivity index (χ1) is 7.79. The lowest BCUT2D eigenvalue weighted by Gasteiger charge is -2.38. The second-order valence-electron chi connectivity index (χ2n) is 5.56. The topological polar surface area (TPSA) is 23.5 Å². The molecule has 3 heteroatoms. The molecule has 0 radical (unpaired) electrons. The fourth-order valence-corrected chi connectivity index (χ4v) is 2.18. The smallest absolute Gasteiger partial charge is 0.0702 e. The number of hydrogen-bond donors (Lipinski definition) is 1.